The number of hydrogen-bond acceptors (Lipinski definition) is 2. The third-order valence-corrected chi connectivity index (χ3v) is 4.28. The summed E-state index contributed by atoms with van der Waals surface area (Å²) in [6, 6.07) is 15.1. The smallest absolute Gasteiger partial charge is 0.271 e. The molecule has 0 fully saturated rings. The third kappa shape index (κ3) is 3.37. The van der Waals surface area contributed by atoms with Crippen LogP contribution in [-0.2, 0) is 4.79 Å². The van der Waals surface area contributed by atoms with Crippen molar-refractivity contribution >= 4 is 34.3 Å². The lowest BCUT2D eigenvalue weighted by atomic mass is 10.0. The van der Waals surface area contributed by atoms with Crippen molar-refractivity contribution in [1.29, 1.82) is 0 Å². The summed E-state index contributed by atoms with van der Waals surface area (Å²) in [5.41, 5.74) is 2.95. The molecule has 1 heterocycles. The molecule has 0 unspecified atom stereocenters. The molecule has 2 aromatic carbocycles. The second kappa shape index (κ2) is 6.99. The number of carbonyl (C=O) groups excluding carboxylic acids is 2. The second-order valence-corrected chi connectivity index (χ2v) is 6.20. The van der Waals surface area contributed by atoms with Gasteiger partial charge in [0.1, 0.15) is 5.69 Å². The van der Waals surface area contributed by atoms with Crippen molar-refractivity contribution in [1.82, 2.24) is 15.2 Å². The van der Waals surface area contributed by atoms with Crippen LogP contribution in [-0.4, -0.2) is 42.3 Å². The number of carbonyl (C=O) groups is 2. The van der Waals surface area contributed by atoms with E-state index in [0.717, 1.165) is 22.0 Å². The normalized spacial score (nSPS) is 10.7. The largest absolute Gasteiger partial charge is 0.358 e. The number of halogens is 1. The van der Waals surface area contributed by atoms with E-state index in [0.29, 0.717) is 10.7 Å². The fourth-order valence-electron chi connectivity index (χ4n) is 2.79. The molecule has 0 spiro atoms. The molecule has 0 saturated heterocycles. The molecular formula is C19H18ClN3O2. The molecule has 2 N–H and O–H groups in total. The average Bonchev–Trinajstić information content (AvgIpc) is 3.00. The van der Waals surface area contributed by atoms with E-state index < -0.39 is 0 Å². The molecule has 0 bridgehead atoms. The van der Waals surface area contributed by atoms with Gasteiger partial charge in [-0.2, -0.15) is 0 Å². The van der Waals surface area contributed by atoms with Crippen LogP contribution in [0, 0.1) is 0 Å². The van der Waals surface area contributed by atoms with E-state index in [2.05, 4.69) is 10.3 Å². The predicted molar refractivity (Wildman–Crippen MR) is 99.8 cm³/mol. The van der Waals surface area contributed by atoms with E-state index >= 15 is 0 Å². The zero-order valence-electron chi connectivity index (χ0n) is 14.0. The molecule has 25 heavy (non-hydrogen) atoms. The van der Waals surface area contributed by atoms with Crippen LogP contribution in [0.25, 0.3) is 22.0 Å². The summed E-state index contributed by atoms with van der Waals surface area (Å²) in [7, 11) is 3.14. The Morgan fingerprint density at radius 3 is 2.56 bits per heavy atom. The number of fused-ring (bicyclic) bond motifs is 1. The zero-order chi connectivity index (χ0) is 18.0. The highest BCUT2D eigenvalue weighted by molar-refractivity contribution is 6.31. The first-order valence-electron chi connectivity index (χ1n) is 7.84. The molecule has 0 aliphatic carbocycles. The summed E-state index contributed by atoms with van der Waals surface area (Å²) in [6.07, 6.45) is 0. The quantitative estimate of drug-likeness (QED) is 0.754. The minimum atomic E-state index is -0.255. The number of benzene rings is 2. The lowest BCUT2D eigenvalue weighted by Crippen LogP contribution is -2.37. The summed E-state index contributed by atoms with van der Waals surface area (Å²) in [6.45, 7) is -0.0142. The van der Waals surface area contributed by atoms with Crippen molar-refractivity contribution in [3.63, 3.8) is 0 Å². The Morgan fingerprint density at radius 2 is 1.88 bits per heavy atom. The SMILES string of the molecule is CNC(=O)CN(C)C(=O)c1[nH]c2ccc(Cl)cc2c1-c1ccccc1. The van der Waals surface area contributed by atoms with Crippen molar-refractivity contribution in [2.75, 3.05) is 20.6 Å². The number of nitrogens with one attached hydrogen (secondary N) is 2. The van der Waals surface area contributed by atoms with Crippen LogP contribution in [0.1, 0.15) is 10.5 Å². The Morgan fingerprint density at radius 1 is 1.16 bits per heavy atom. The highest BCUT2D eigenvalue weighted by Crippen LogP contribution is 2.34. The lowest BCUT2D eigenvalue weighted by molar-refractivity contribution is -0.121. The average molecular weight is 356 g/mol. The van der Waals surface area contributed by atoms with Crippen LogP contribution < -0.4 is 5.32 Å². The van der Waals surface area contributed by atoms with Gasteiger partial charge in [-0.05, 0) is 23.8 Å². The number of likely N-dealkylation sites (N-methyl/N-ethyl adjacent to an activating group) is 2. The molecular weight excluding hydrogens is 338 g/mol. The van der Waals surface area contributed by atoms with Gasteiger partial charge in [0.15, 0.2) is 0 Å². The van der Waals surface area contributed by atoms with E-state index in [1.807, 2.05) is 42.5 Å². The maximum absolute atomic E-state index is 12.9. The maximum atomic E-state index is 12.9. The van der Waals surface area contributed by atoms with Crippen molar-refractivity contribution in [3.8, 4) is 11.1 Å². The van der Waals surface area contributed by atoms with Crippen LogP contribution >= 0.6 is 11.6 Å². The van der Waals surface area contributed by atoms with Crippen molar-refractivity contribution < 1.29 is 9.59 Å². The highest BCUT2D eigenvalue weighted by atomic mass is 35.5. The van der Waals surface area contributed by atoms with Gasteiger partial charge in [0.2, 0.25) is 5.91 Å². The number of rotatable bonds is 4. The number of aromatic amines is 1. The van der Waals surface area contributed by atoms with E-state index in [1.54, 1.807) is 20.2 Å². The molecule has 0 aliphatic rings. The topological polar surface area (TPSA) is 65.2 Å². The second-order valence-electron chi connectivity index (χ2n) is 5.77. The molecule has 128 valence electrons. The zero-order valence-corrected chi connectivity index (χ0v) is 14.7. The molecule has 2 amide bonds. The Kier molecular flexibility index (Phi) is 4.76. The minimum Gasteiger partial charge on any atom is -0.358 e. The Labute approximate surface area is 150 Å². The van der Waals surface area contributed by atoms with Crippen LogP contribution in [0.15, 0.2) is 48.5 Å². The first kappa shape index (κ1) is 17.0. The van der Waals surface area contributed by atoms with Gasteiger partial charge in [0.25, 0.3) is 5.91 Å². The molecule has 0 atom stereocenters. The Balaban J connectivity index is 2.14. The molecule has 6 heteroatoms. The van der Waals surface area contributed by atoms with Crippen LogP contribution in [0.2, 0.25) is 5.02 Å². The lowest BCUT2D eigenvalue weighted by Gasteiger charge is -2.16. The van der Waals surface area contributed by atoms with Crippen LogP contribution in [0.4, 0.5) is 0 Å². The monoisotopic (exact) mass is 355 g/mol. The molecule has 3 aromatic rings. The third-order valence-electron chi connectivity index (χ3n) is 4.04. The summed E-state index contributed by atoms with van der Waals surface area (Å²) in [5.74, 6) is -0.481. The maximum Gasteiger partial charge on any atom is 0.271 e. The van der Waals surface area contributed by atoms with Gasteiger partial charge in [0.05, 0.1) is 6.54 Å². The van der Waals surface area contributed by atoms with E-state index in [-0.39, 0.29) is 18.4 Å². The fourth-order valence-corrected chi connectivity index (χ4v) is 2.96. The predicted octanol–water partition coefficient (Wildman–Crippen LogP) is 3.31. The van der Waals surface area contributed by atoms with Crippen molar-refractivity contribution in [2.45, 2.75) is 0 Å². The van der Waals surface area contributed by atoms with Gasteiger partial charge in [0, 0.05) is 35.6 Å². The number of amides is 2. The van der Waals surface area contributed by atoms with Crippen molar-refractivity contribution in [2.24, 2.45) is 0 Å². The molecule has 5 nitrogen and oxygen atoms in total. The Bertz CT molecular complexity index is 934. The van der Waals surface area contributed by atoms with E-state index in [4.69, 9.17) is 11.6 Å². The van der Waals surface area contributed by atoms with Gasteiger partial charge in [-0.1, -0.05) is 41.9 Å². The minimum absolute atomic E-state index is 0.0142. The van der Waals surface area contributed by atoms with Gasteiger partial charge in [-0.25, -0.2) is 0 Å². The molecule has 0 aliphatic heterocycles. The van der Waals surface area contributed by atoms with Crippen molar-refractivity contribution in [3.05, 3.63) is 59.2 Å². The van der Waals surface area contributed by atoms with E-state index in [9.17, 15) is 9.59 Å². The van der Waals surface area contributed by atoms with E-state index in [1.165, 1.54) is 4.90 Å². The molecule has 0 radical (unpaired) electrons. The highest BCUT2D eigenvalue weighted by Gasteiger charge is 2.23. The molecule has 3 rings (SSSR count). The summed E-state index contributed by atoms with van der Waals surface area (Å²) >= 11 is 6.15. The summed E-state index contributed by atoms with van der Waals surface area (Å²) in [5, 5.41) is 3.99. The number of aromatic nitrogens is 1. The fraction of sp³-hybridized carbons (Fsp3) is 0.158. The molecule has 1 aromatic heterocycles. The van der Waals surface area contributed by atoms with Gasteiger partial charge in [-0.3, -0.25) is 9.59 Å². The van der Waals surface area contributed by atoms with Crippen LogP contribution in [0.5, 0.6) is 0 Å². The standard InChI is InChI=1S/C19H18ClN3O2/c1-21-16(24)11-23(2)19(25)18-17(12-6-4-3-5-7-12)14-10-13(20)8-9-15(14)22-18/h3-10,22H,11H2,1-2H3,(H,21,24). The first-order chi connectivity index (χ1) is 12.0. The summed E-state index contributed by atoms with van der Waals surface area (Å²) in [4.78, 5) is 29.1. The molecule has 0 saturated carbocycles. The summed E-state index contributed by atoms with van der Waals surface area (Å²) < 4.78 is 0. The van der Waals surface area contributed by atoms with Crippen LogP contribution in [0.3, 0.4) is 0 Å². The Hall–Kier alpha value is -2.79. The first-order valence-corrected chi connectivity index (χ1v) is 8.21. The van der Waals surface area contributed by atoms with Gasteiger partial charge in [-0.15, -0.1) is 0 Å². The van der Waals surface area contributed by atoms with Gasteiger partial charge < -0.3 is 15.2 Å². The number of H-pyrrole nitrogens is 1. The number of hydrogen-bond donors (Lipinski definition) is 2. The number of nitrogens with zero attached hydrogens (tertiary/aromatic N) is 1. The van der Waals surface area contributed by atoms with Gasteiger partial charge >= 0.3 is 0 Å².